The standard InChI is InChI=1S/C13H11BrN4OS/c14-9-6-17-10(7-16-9)18-13(19)11(12(15)20)8-4-2-1-3-5-8/h1-7,11H,(H2,15,20)(H,17,18,19). The summed E-state index contributed by atoms with van der Waals surface area (Å²) in [6.45, 7) is 0. The number of hydrogen-bond donors (Lipinski definition) is 2. The molecule has 2 aromatic rings. The molecule has 0 saturated heterocycles. The molecular formula is C13H11BrN4OS. The Kier molecular flexibility index (Phi) is 4.75. The number of anilines is 1. The van der Waals surface area contributed by atoms with Gasteiger partial charge in [-0.1, -0.05) is 42.5 Å². The number of nitrogens with one attached hydrogen (secondary N) is 1. The largest absolute Gasteiger partial charge is 0.392 e. The lowest BCUT2D eigenvalue weighted by molar-refractivity contribution is -0.116. The minimum atomic E-state index is -0.698. The Labute approximate surface area is 129 Å². The summed E-state index contributed by atoms with van der Waals surface area (Å²) in [4.78, 5) is 20.4. The van der Waals surface area contributed by atoms with E-state index in [9.17, 15) is 4.79 Å². The highest BCUT2D eigenvalue weighted by molar-refractivity contribution is 9.10. The van der Waals surface area contributed by atoms with Crippen LogP contribution in [-0.2, 0) is 4.79 Å². The van der Waals surface area contributed by atoms with Gasteiger partial charge in [-0.25, -0.2) is 9.97 Å². The summed E-state index contributed by atoms with van der Waals surface area (Å²) in [6.07, 6.45) is 2.94. The van der Waals surface area contributed by atoms with Crippen molar-refractivity contribution < 1.29 is 4.79 Å². The van der Waals surface area contributed by atoms with Gasteiger partial charge in [0.25, 0.3) is 0 Å². The topological polar surface area (TPSA) is 80.9 Å². The molecule has 1 aromatic heterocycles. The normalized spacial score (nSPS) is 11.7. The molecule has 1 heterocycles. The van der Waals surface area contributed by atoms with Crippen LogP contribution in [0.15, 0.2) is 47.3 Å². The molecule has 0 saturated carbocycles. The summed E-state index contributed by atoms with van der Waals surface area (Å²) in [5.41, 5.74) is 6.41. The van der Waals surface area contributed by atoms with Gasteiger partial charge in [0.15, 0.2) is 5.82 Å². The molecule has 0 aliphatic rings. The maximum Gasteiger partial charge on any atom is 0.239 e. The number of amides is 1. The second kappa shape index (κ2) is 6.53. The van der Waals surface area contributed by atoms with Crippen LogP contribution in [0.25, 0.3) is 0 Å². The van der Waals surface area contributed by atoms with Crippen LogP contribution in [-0.4, -0.2) is 20.9 Å². The fourth-order valence-corrected chi connectivity index (χ4v) is 2.11. The van der Waals surface area contributed by atoms with Crippen molar-refractivity contribution in [3.63, 3.8) is 0 Å². The third kappa shape index (κ3) is 3.58. The highest BCUT2D eigenvalue weighted by Crippen LogP contribution is 2.18. The molecule has 0 aliphatic carbocycles. The molecule has 0 aliphatic heterocycles. The Hall–Kier alpha value is -1.86. The number of nitrogens with zero attached hydrogens (tertiary/aromatic N) is 2. The van der Waals surface area contributed by atoms with Crippen LogP contribution < -0.4 is 11.1 Å². The van der Waals surface area contributed by atoms with Crippen LogP contribution in [0, 0.1) is 0 Å². The Morgan fingerprint density at radius 1 is 1.25 bits per heavy atom. The van der Waals surface area contributed by atoms with Crippen molar-refractivity contribution in [1.29, 1.82) is 0 Å². The summed E-state index contributed by atoms with van der Waals surface area (Å²) in [6, 6.07) is 9.12. The smallest absolute Gasteiger partial charge is 0.239 e. The lowest BCUT2D eigenvalue weighted by atomic mass is 9.98. The Balaban J connectivity index is 2.20. The molecule has 1 atom stereocenters. The molecule has 3 N–H and O–H groups in total. The molecule has 0 bridgehead atoms. The molecule has 20 heavy (non-hydrogen) atoms. The molecule has 1 unspecified atom stereocenters. The van der Waals surface area contributed by atoms with Crippen molar-refractivity contribution in [1.82, 2.24) is 9.97 Å². The molecule has 102 valence electrons. The van der Waals surface area contributed by atoms with Gasteiger partial charge in [0, 0.05) is 0 Å². The molecule has 5 nitrogen and oxygen atoms in total. The van der Waals surface area contributed by atoms with Gasteiger partial charge in [0.2, 0.25) is 5.91 Å². The van der Waals surface area contributed by atoms with Crippen molar-refractivity contribution in [2.45, 2.75) is 5.92 Å². The maximum atomic E-state index is 12.3. The maximum absolute atomic E-state index is 12.3. The Bertz CT molecular complexity index is 618. The second-order valence-electron chi connectivity index (χ2n) is 3.96. The first-order valence-corrected chi connectivity index (χ1v) is 6.90. The predicted octanol–water partition coefficient (Wildman–Crippen LogP) is 2.25. The van der Waals surface area contributed by atoms with Crippen molar-refractivity contribution in [2.75, 3.05) is 5.32 Å². The summed E-state index contributed by atoms with van der Waals surface area (Å²) in [7, 11) is 0. The Morgan fingerprint density at radius 3 is 2.50 bits per heavy atom. The Morgan fingerprint density at radius 2 is 1.95 bits per heavy atom. The summed E-state index contributed by atoms with van der Waals surface area (Å²) in [5, 5.41) is 2.65. The van der Waals surface area contributed by atoms with E-state index in [-0.39, 0.29) is 10.9 Å². The summed E-state index contributed by atoms with van der Waals surface area (Å²) >= 11 is 8.16. The van der Waals surface area contributed by atoms with E-state index in [1.54, 1.807) is 12.1 Å². The van der Waals surface area contributed by atoms with Crippen molar-refractivity contribution in [3.05, 3.63) is 52.9 Å². The number of carbonyl (C=O) groups excluding carboxylic acids is 1. The van der Waals surface area contributed by atoms with Gasteiger partial charge in [0.1, 0.15) is 10.5 Å². The fraction of sp³-hybridized carbons (Fsp3) is 0.0769. The SMILES string of the molecule is NC(=S)C(C(=O)Nc1cnc(Br)cn1)c1ccccc1. The molecule has 0 radical (unpaired) electrons. The molecule has 2 rings (SSSR count). The van der Waals surface area contributed by atoms with Crippen LogP contribution in [0.5, 0.6) is 0 Å². The monoisotopic (exact) mass is 350 g/mol. The first-order valence-electron chi connectivity index (χ1n) is 5.70. The molecule has 7 heteroatoms. The van der Waals surface area contributed by atoms with Crippen molar-refractivity contribution >= 4 is 44.9 Å². The van der Waals surface area contributed by atoms with E-state index < -0.39 is 5.92 Å². The number of hydrogen-bond acceptors (Lipinski definition) is 4. The molecule has 0 fully saturated rings. The third-order valence-corrected chi connectivity index (χ3v) is 3.20. The van der Waals surface area contributed by atoms with Gasteiger partial charge in [-0.2, -0.15) is 0 Å². The van der Waals surface area contributed by atoms with E-state index in [0.29, 0.717) is 10.4 Å². The van der Waals surface area contributed by atoms with Gasteiger partial charge >= 0.3 is 0 Å². The minimum Gasteiger partial charge on any atom is -0.392 e. The van der Waals surface area contributed by atoms with E-state index in [2.05, 4.69) is 31.2 Å². The first-order chi connectivity index (χ1) is 9.58. The zero-order valence-electron chi connectivity index (χ0n) is 10.3. The predicted molar refractivity (Wildman–Crippen MR) is 84.3 cm³/mol. The summed E-state index contributed by atoms with van der Waals surface area (Å²) < 4.78 is 0.587. The van der Waals surface area contributed by atoms with Gasteiger partial charge in [-0.3, -0.25) is 4.79 Å². The number of thiocarbonyl (C=S) groups is 1. The van der Waals surface area contributed by atoms with Gasteiger partial charge in [0.05, 0.1) is 17.4 Å². The van der Waals surface area contributed by atoms with Gasteiger partial charge < -0.3 is 11.1 Å². The molecule has 0 spiro atoms. The number of benzene rings is 1. The minimum absolute atomic E-state index is 0.110. The first kappa shape index (κ1) is 14.5. The highest BCUT2D eigenvalue weighted by atomic mass is 79.9. The van der Waals surface area contributed by atoms with Crippen LogP contribution >= 0.6 is 28.1 Å². The average Bonchev–Trinajstić information content (AvgIpc) is 2.42. The molecule has 1 aromatic carbocycles. The number of halogens is 1. The zero-order chi connectivity index (χ0) is 14.5. The van der Waals surface area contributed by atoms with Crippen molar-refractivity contribution in [2.24, 2.45) is 5.73 Å². The molecular weight excluding hydrogens is 340 g/mol. The van der Waals surface area contributed by atoms with Crippen molar-refractivity contribution in [3.8, 4) is 0 Å². The molecule has 1 amide bonds. The quantitative estimate of drug-likeness (QED) is 0.826. The van der Waals surface area contributed by atoms with Crippen LogP contribution in [0.4, 0.5) is 5.82 Å². The lowest BCUT2D eigenvalue weighted by Crippen LogP contribution is -2.31. The number of nitrogens with two attached hydrogens (primary N) is 1. The number of aromatic nitrogens is 2. The zero-order valence-corrected chi connectivity index (χ0v) is 12.7. The van der Waals surface area contributed by atoms with Gasteiger partial charge in [-0.05, 0) is 21.5 Å². The average molecular weight is 351 g/mol. The van der Waals surface area contributed by atoms with E-state index in [1.165, 1.54) is 12.4 Å². The van der Waals surface area contributed by atoms with Gasteiger partial charge in [-0.15, -0.1) is 0 Å². The number of rotatable bonds is 4. The lowest BCUT2D eigenvalue weighted by Gasteiger charge is -2.15. The third-order valence-electron chi connectivity index (χ3n) is 2.55. The number of carbonyl (C=O) groups is 1. The van der Waals surface area contributed by atoms with Crippen LogP contribution in [0.1, 0.15) is 11.5 Å². The van der Waals surface area contributed by atoms with Crippen LogP contribution in [0.3, 0.4) is 0 Å². The van der Waals surface area contributed by atoms with E-state index in [4.69, 9.17) is 18.0 Å². The fourth-order valence-electron chi connectivity index (χ4n) is 1.67. The van der Waals surface area contributed by atoms with E-state index >= 15 is 0 Å². The second-order valence-corrected chi connectivity index (χ2v) is 5.24. The van der Waals surface area contributed by atoms with Crippen LogP contribution in [0.2, 0.25) is 0 Å². The van der Waals surface area contributed by atoms with E-state index in [0.717, 1.165) is 5.56 Å². The highest BCUT2D eigenvalue weighted by Gasteiger charge is 2.23. The van der Waals surface area contributed by atoms with E-state index in [1.807, 2.05) is 18.2 Å². The summed E-state index contributed by atoms with van der Waals surface area (Å²) in [5.74, 6) is -0.688.